The highest BCUT2D eigenvalue weighted by molar-refractivity contribution is 5.45. The number of halogens is 1. The van der Waals surface area contributed by atoms with Crippen LogP contribution in [0.15, 0.2) is 12.1 Å². The summed E-state index contributed by atoms with van der Waals surface area (Å²) < 4.78 is 25.3. The fourth-order valence-corrected chi connectivity index (χ4v) is 3.23. The van der Waals surface area contributed by atoms with Crippen molar-refractivity contribution in [2.45, 2.75) is 26.8 Å². The van der Waals surface area contributed by atoms with Crippen molar-refractivity contribution in [1.29, 1.82) is 0 Å². The smallest absolute Gasteiger partial charge is 0.163 e. The Hall–Kier alpha value is -1.33. The van der Waals surface area contributed by atoms with Gasteiger partial charge in [-0.25, -0.2) is 4.39 Å². The third-order valence-corrected chi connectivity index (χ3v) is 4.13. The minimum Gasteiger partial charge on any atom is -0.493 e. The van der Waals surface area contributed by atoms with Crippen molar-refractivity contribution in [2.75, 3.05) is 40.4 Å². The van der Waals surface area contributed by atoms with E-state index in [1.54, 1.807) is 13.2 Å². The molecular weight excluding hydrogens is 283 g/mol. The van der Waals surface area contributed by atoms with Gasteiger partial charge in [0, 0.05) is 43.9 Å². The van der Waals surface area contributed by atoms with Gasteiger partial charge in [0.15, 0.2) is 11.5 Å². The maximum absolute atomic E-state index is 14.7. The second-order valence-corrected chi connectivity index (χ2v) is 6.78. The van der Waals surface area contributed by atoms with Crippen LogP contribution in [0.5, 0.6) is 11.5 Å². The molecule has 0 aliphatic carbocycles. The van der Waals surface area contributed by atoms with Crippen LogP contribution in [0.4, 0.5) is 4.39 Å². The van der Waals surface area contributed by atoms with Crippen LogP contribution >= 0.6 is 0 Å². The van der Waals surface area contributed by atoms with Gasteiger partial charge in [-0.1, -0.05) is 20.8 Å². The molecule has 1 atom stereocenters. The van der Waals surface area contributed by atoms with Gasteiger partial charge in [-0.05, 0) is 11.5 Å². The highest BCUT2D eigenvalue weighted by Gasteiger charge is 2.35. The predicted octanol–water partition coefficient (Wildman–Crippen LogP) is 2.84. The van der Waals surface area contributed by atoms with Crippen LogP contribution in [0.3, 0.4) is 0 Å². The summed E-state index contributed by atoms with van der Waals surface area (Å²) in [5.74, 6) is 0.760. The largest absolute Gasteiger partial charge is 0.493 e. The molecular formula is C17H27FN2O2. The number of ether oxygens (including phenoxy) is 2. The number of rotatable bonds is 4. The van der Waals surface area contributed by atoms with Crippen LogP contribution in [-0.2, 0) is 0 Å². The SMILES string of the molecule is COc1cc(F)c([C@H](N2CCNCC2)C(C)(C)C)cc1OC. The molecule has 0 amide bonds. The van der Waals surface area contributed by atoms with Gasteiger partial charge in [0.2, 0.25) is 0 Å². The molecule has 1 heterocycles. The minimum atomic E-state index is -0.240. The van der Waals surface area contributed by atoms with Crippen molar-refractivity contribution in [1.82, 2.24) is 10.2 Å². The number of hydrogen-bond acceptors (Lipinski definition) is 4. The first-order valence-corrected chi connectivity index (χ1v) is 7.74. The van der Waals surface area contributed by atoms with Crippen molar-refractivity contribution < 1.29 is 13.9 Å². The Bertz CT molecular complexity index is 508. The Morgan fingerprint density at radius 3 is 2.14 bits per heavy atom. The molecule has 124 valence electrons. The number of benzene rings is 1. The average molecular weight is 310 g/mol. The van der Waals surface area contributed by atoms with E-state index in [-0.39, 0.29) is 17.3 Å². The Morgan fingerprint density at radius 2 is 1.64 bits per heavy atom. The zero-order chi connectivity index (χ0) is 16.3. The van der Waals surface area contributed by atoms with Gasteiger partial charge in [0.05, 0.1) is 14.2 Å². The van der Waals surface area contributed by atoms with Gasteiger partial charge in [-0.15, -0.1) is 0 Å². The van der Waals surface area contributed by atoms with Gasteiger partial charge in [-0.2, -0.15) is 0 Å². The molecule has 2 rings (SSSR count). The van der Waals surface area contributed by atoms with Crippen molar-refractivity contribution in [3.63, 3.8) is 0 Å². The van der Waals surface area contributed by atoms with Crippen LogP contribution in [0.1, 0.15) is 32.4 Å². The van der Waals surface area contributed by atoms with Gasteiger partial charge >= 0.3 is 0 Å². The van der Waals surface area contributed by atoms with Gasteiger partial charge in [0.25, 0.3) is 0 Å². The fourth-order valence-electron chi connectivity index (χ4n) is 3.23. The van der Waals surface area contributed by atoms with Gasteiger partial charge in [-0.3, -0.25) is 4.90 Å². The Labute approximate surface area is 132 Å². The van der Waals surface area contributed by atoms with E-state index >= 15 is 0 Å². The number of nitrogens with zero attached hydrogens (tertiary/aromatic N) is 1. The maximum Gasteiger partial charge on any atom is 0.163 e. The molecule has 1 N–H and O–H groups in total. The van der Waals surface area contributed by atoms with Crippen LogP contribution in [0, 0.1) is 11.2 Å². The molecule has 22 heavy (non-hydrogen) atoms. The lowest BCUT2D eigenvalue weighted by Crippen LogP contribution is -2.48. The average Bonchev–Trinajstić information content (AvgIpc) is 2.48. The third-order valence-electron chi connectivity index (χ3n) is 4.13. The highest BCUT2D eigenvalue weighted by Crippen LogP contribution is 2.42. The van der Waals surface area contributed by atoms with Crippen LogP contribution in [-0.4, -0.2) is 45.3 Å². The molecule has 5 heteroatoms. The summed E-state index contributed by atoms with van der Waals surface area (Å²) in [5, 5.41) is 3.35. The summed E-state index contributed by atoms with van der Waals surface area (Å²) in [6.45, 7) is 10.1. The number of piperazine rings is 1. The van der Waals surface area contributed by atoms with E-state index in [0.717, 1.165) is 26.2 Å². The van der Waals surface area contributed by atoms with Crippen molar-refractivity contribution in [3.8, 4) is 11.5 Å². The van der Waals surface area contributed by atoms with E-state index in [0.29, 0.717) is 17.1 Å². The van der Waals surface area contributed by atoms with E-state index in [1.807, 2.05) is 0 Å². The molecule has 1 aliphatic heterocycles. The zero-order valence-corrected chi connectivity index (χ0v) is 14.2. The Kier molecular flexibility index (Phi) is 5.29. The molecule has 0 saturated carbocycles. The topological polar surface area (TPSA) is 33.7 Å². The lowest BCUT2D eigenvalue weighted by molar-refractivity contribution is 0.0831. The van der Waals surface area contributed by atoms with Gasteiger partial charge < -0.3 is 14.8 Å². The first-order valence-electron chi connectivity index (χ1n) is 7.74. The summed E-state index contributed by atoms with van der Waals surface area (Å²) >= 11 is 0. The van der Waals surface area contributed by atoms with Crippen molar-refractivity contribution >= 4 is 0 Å². The Balaban J connectivity index is 2.47. The molecule has 0 bridgehead atoms. The van der Waals surface area contributed by atoms with Crippen LogP contribution in [0.25, 0.3) is 0 Å². The Morgan fingerprint density at radius 1 is 1.09 bits per heavy atom. The molecule has 1 aromatic carbocycles. The summed E-state index contributed by atoms with van der Waals surface area (Å²) in [6.07, 6.45) is 0. The van der Waals surface area contributed by atoms with Crippen LogP contribution in [0.2, 0.25) is 0 Å². The lowest BCUT2D eigenvalue weighted by atomic mass is 9.80. The number of nitrogens with one attached hydrogen (secondary N) is 1. The predicted molar refractivity (Wildman–Crippen MR) is 86.1 cm³/mol. The second-order valence-electron chi connectivity index (χ2n) is 6.78. The molecule has 0 radical (unpaired) electrons. The summed E-state index contributed by atoms with van der Waals surface area (Å²) in [7, 11) is 3.10. The van der Waals surface area contributed by atoms with Crippen molar-refractivity contribution in [3.05, 3.63) is 23.5 Å². The fraction of sp³-hybridized carbons (Fsp3) is 0.647. The van der Waals surface area contributed by atoms with E-state index in [4.69, 9.17) is 9.47 Å². The first-order chi connectivity index (χ1) is 10.4. The molecule has 0 aromatic heterocycles. The monoisotopic (exact) mass is 310 g/mol. The molecule has 4 nitrogen and oxygen atoms in total. The number of hydrogen-bond donors (Lipinski definition) is 1. The molecule has 0 unspecified atom stereocenters. The third kappa shape index (κ3) is 3.52. The molecule has 1 fully saturated rings. The van der Waals surface area contributed by atoms with Gasteiger partial charge in [0.1, 0.15) is 5.82 Å². The standard InChI is InChI=1S/C17H27FN2O2/c1-17(2,3)16(20-8-6-19-7-9-20)12-10-14(21-4)15(22-5)11-13(12)18/h10-11,16,19H,6-9H2,1-5H3/t16-/m0/s1. The normalized spacial score (nSPS) is 18.1. The van der Waals surface area contributed by atoms with Crippen molar-refractivity contribution in [2.24, 2.45) is 5.41 Å². The first kappa shape index (κ1) is 17.0. The molecule has 1 aromatic rings. The molecule has 1 aliphatic rings. The summed E-state index contributed by atoms with van der Waals surface area (Å²) in [4.78, 5) is 2.35. The van der Waals surface area contributed by atoms with E-state index < -0.39 is 0 Å². The lowest BCUT2D eigenvalue weighted by Gasteiger charge is -2.42. The highest BCUT2D eigenvalue weighted by atomic mass is 19.1. The maximum atomic E-state index is 14.7. The minimum absolute atomic E-state index is 0.00518. The van der Waals surface area contributed by atoms with Crippen LogP contribution < -0.4 is 14.8 Å². The zero-order valence-electron chi connectivity index (χ0n) is 14.2. The van der Waals surface area contributed by atoms with E-state index in [1.165, 1.54) is 13.2 Å². The number of methoxy groups -OCH3 is 2. The quantitative estimate of drug-likeness (QED) is 0.927. The second kappa shape index (κ2) is 6.84. The molecule has 0 spiro atoms. The van der Waals surface area contributed by atoms with E-state index in [9.17, 15) is 4.39 Å². The molecule has 1 saturated heterocycles. The summed E-state index contributed by atoms with van der Waals surface area (Å²) in [6, 6.07) is 3.20. The summed E-state index contributed by atoms with van der Waals surface area (Å²) in [5.41, 5.74) is 0.588. The van der Waals surface area contributed by atoms with E-state index in [2.05, 4.69) is 31.0 Å².